The van der Waals surface area contributed by atoms with E-state index in [2.05, 4.69) is 15.1 Å². The van der Waals surface area contributed by atoms with Crippen LogP contribution in [0, 0.1) is 13.8 Å². The van der Waals surface area contributed by atoms with E-state index in [0.717, 1.165) is 22.4 Å². The van der Waals surface area contributed by atoms with Gasteiger partial charge in [0.2, 0.25) is 0 Å². The highest BCUT2D eigenvalue weighted by molar-refractivity contribution is 7.08. The van der Waals surface area contributed by atoms with Crippen LogP contribution < -0.4 is 10.3 Å². The van der Waals surface area contributed by atoms with Crippen molar-refractivity contribution in [2.75, 3.05) is 0 Å². The molecule has 126 valence electrons. The number of thiophene rings is 1. The number of rotatable bonds is 4. The maximum absolute atomic E-state index is 12.3. The van der Waals surface area contributed by atoms with Crippen LogP contribution >= 0.6 is 11.3 Å². The van der Waals surface area contributed by atoms with Crippen molar-refractivity contribution in [3.63, 3.8) is 0 Å². The van der Waals surface area contributed by atoms with E-state index in [9.17, 15) is 4.79 Å². The first-order valence-electron chi connectivity index (χ1n) is 7.82. The lowest BCUT2D eigenvalue weighted by Gasteiger charge is -2.10. The molecule has 1 aromatic carbocycles. The predicted octanol–water partition coefficient (Wildman–Crippen LogP) is 3.34. The number of aromatic amines is 1. The van der Waals surface area contributed by atoms with Crippen LogP contribution in [0.25, 0.3) is 17.2 Å². The van der Waals surface area contributed by atoms with Gasteiger partial charge in [0.05, 0.1) is 5.69 Å². The van der Waals surface area contributed by atoms with Crippen molar-refractivity contribution < 1.29 is 4.74 Å². The topological polar surface area (TPSA) is 72.3 Å². The van der Waals surface area contributed by atoms with Gasteiger partial charge in [-0.25, -0.2) is 4.98 Å². The average Bonchev–Trinajstić information content (AvgIpc) is 3.25. The van der Waals surface area contributed by atoms with Gasteiger partial charge in [-0.3, -0.25) is 9.89 Å². The Kier molecular flexibility index (Phi) is 3.85. The summed E-state index contributed by atoms with van der Waals surface area (Å²) < 4.78 is 7.18. The summed E-state index contributed by atoms with van der Waals surface area (Å²) in [7, 11) is 0. The Morgan fingerprint density at radius 1 is 1.24 bits per heavy atom. The lowest BCUT2D eigenvalue weighted by molar-refractivity contribution is 0.299. The Hall–Kier alpha value is -2.93. The van der Waals surface area contributed by atoms with Crippen LogP contribution in [0.3, 0.4) is 0 Å². The molecular formula is C18H16N4O2S. The maximum atomic E-state index is 12.3. The molecule has 0 saturated carbocycles. The molecule has 0 fully saturated rings. The number of ether oxygens (including phenoxy) is 1. The van der Waals surface area contributed by atoms with Crippen molar-refractivity contribution in [3.8, 4) is 17.1 Å². The number of hydrogen-bond acceptors (Lipinski definition) is 5. The number of H-pyrrole nitrogens is 1. The predicted molar refractivity (Wildman–Crippen MR) is 97.2 cm³/mol. The van der Waals surface area contributed by atoms with Gasteiger partial charge in [-0.2, -0.15) is 20.8 Å². The van der Waals surface area contributed by atoms with Crippen LogP contribution in [-0.4, -0.2) is 19.6 Å². The third-order valence-electron chi connectivity index (χ3n) is 4.11. The highest BCUT2D eigenvalue weighted by atomic mass is 32.1. The van der Waals surface area contributed by atoms with Crippen LogP contribution in [0.15, 0.2) is 45.9 Å². The van der Waals surface area contributed by atoms with Gasteiger partial charge >= 0.3 is 0 Å². The van der Waals surface area contributed by atoms with E-state index in [0.29, 0.717) is 17.3 Å². The molecule has 0 unspecified atom stereocenters. The molecule has 4 aromatic rings. The van der Waals surface area contributed by atoms with E-state index in [4.69, 9.17) is 4.74 Å². The summed E-state index contributed by atoms with van der Waals surface area (Å²) >= 11 is 1.57. The summed E-state index contributed by atoms with van der Waals surface area (Å²) in [6.07, 6.45) is 0. The molecule has 4 rings (SSSR count). The quantitative estimate of drug-likeness (QED) is 0.611. The first-order chi connectivity index (χ1) is 12.1. The molecule has 25 heavy (non-hydrogen) atoms. The Balaban J connectivity index is 1.64. The fraction of sp³-hybridized carbons (Fsp3) is 0.167. The van der Waals surface area contributed by atoms with Gasteiger partial charge in [-0.1, -0.05) is 12.1 Å². The Labute approximate surface area is 147 Å². The maximum Gasteiger partial charge on any atom is 0.274 e. The first kappa shape index (κ1) is 15.6. The molecule has 0 radical (unpaired) electrons. The van der Waals surface area contributed by atoms with Gasteiger partial charge in [-0.15, -0.1) is 0 Å². The fourth-order valence-corrected chi connectivity index (χ4v) is 3.20. The summed E-state index contributed by atoms with van der Waals surface area (Å²) in [5, 5.41) is 6.91. The molecule has 0 aliphatic carbocycles. The van der Waals surface area contributed by atoms with E-state index >= 15 is 0 Å². The van der Waals surface area contributed by atoms with E-state index in [1.54, 1.807) is 11.3 Å². The summed E-state index contributed by atoms with van der Waals surface area (Å²) in [5.41, 5.74) is 3.52. The van der Waals surface area contributed by atoms with Gasteiger partial charge in [0.1, 0.15) is 12.4 Å². The summed E-state index contributed by atoms with van der Waals surface area (Å²) in [5.74, 6) is 1.76. The van der Waals surface area contributed by atoms with Crippen molar-refractivity contribution in [2.24, 2.45) is 0 Å². The fourth-order valence-electron chi connectivity index (χ4n) is 2.56. The van der Waals surface area contributed by atoms with Crippen LogP contribution in [0.1, 0.15) is 16.8 Å². The van der Waals surface area contributed by atoms with Gasteiger partial charge in [0, 0.05) is 17.0 Å². The zero-order valence-electron chi connectivity index (χ0n) is 13.8. The van der Waals surface area contributed by atoms with Crippen molar-refractivity contribution in [3.05, 3.63) is 68.3 Å². The number of fused-ring (bicyclic) bond motifs is 1. The molecule has 0 spiro atoms. The Morgan fingerprint density at radius 2 is 2.12 bits per heavy atom. The molecule has 6 nitrogen and oxygen atoms in total. The van der Waals surface area contributed by atoms with Crippen molar-refractivity contribution in [2.45, 2.75) is 20.5 Å². The number of nitrogens with one attached hydrogen (secondary N) is 1. The molecule has 7 heteroatoms. The van der Waals surface area contributed by atoms with E-state index < -0.39 is 0 Å². The third kappa shape index (κ3) is 2.94. The van der Waals surface area contributed by atoms with Gasteiger partial charge in [0.25, 0.3) is 11.3 Å². The monoisotopic (exact) mass is 352 g/mol. The zero-order valence-corrected chi connectivity index (χ0v) is 14.6. The summed E-state index contributed by atoms with van der Waals surface area (Å²) in [6, 6.07) is 9.31. The van der Waals surface area contributed by atoms with Crippen LogP contribution in [-0.2, 0) is 6.61 Å². The summed E-state index contributed by atoms with van der Waals surface area (Å²) in [4.78, 5) is 21.2. The number of hydrogen-bond donors (Lipinski definition) is 1. The van der Waals surface area contributed by atoms with Gasteiger partial charge in [-0.05, 0) is 42.5 Å². The van der Waals surface area contributed by atoms with Crippen LogP contribution in [0.2, 0.25) is 0 Å². The molecule has 0 aliphatic heterocycles. The second-order valence-corrected chi connectivity index (χ2v) is 6.57. The molecule has 1 N–H and O–H groups in total. The smallest absolute Gasteiger partial charge is 0.274 e. The second kappa shape index (κ2) is 6.18. The van der Waals surface area contributed by atoms with Crippen molar-refractivity contribution in [1.29, 1.82) is 0 Å². The van der Waals surface area contributed by atoms with Crippen molar-refractivity contribution in [1.82, 2.24) is 19.6 Å². The van der Waals surface area contributed by atoms with E-state index in [-0.39, 0.29) is 12.2 Å². The zero-order chi connectivity index (χ0) is 17.4. The normalized spacial score (nSPS) is 11.1. The molecule has 0 amide bonds. The Morgan fingerprint density at radius 3 is 2.92 bits per heavy atom. The SMILES string of the molecule is Cc1cccc(OCc2cc(=O)n3[nH]c(-c4ccsc4)nc3n2)c1C. The van der Waals surface area contributed by atoms with Crippen molar-refractivity contribution >= 4 is 17.1 Å². The highest BCUT2D eigenvalue weighted by Gasteiger charge is 2.11. The Bertz CT molecular complexity index is 1100. The number of nitrogens with zero attached hydrogens (tertiary/aromatic N) is 3. The number of benzene rings is 1. The molecule has 0 aliphatic rings. The largest absolute Gasteiger partial charge is 0.487 e. The molecular weight excluding hydrogens is 336 g/mol. The molecule has 3 heterocycles. The lowest BCUT2D eigenvalue weighted by atomic mass is 10.1. The van der Waals surface area contributed by atoms with Gasteiger partial charge in [0.15, 0.2) is 5.82 Å². The van der Waals surface area contributed by atoms with Crippen LogP contribution in [0.4, 0.5) is 0 Å². The molecule has 3 aromatic heterocycles. The molecule has 0 atom stereocenters. The second-order valence-electron chi connectivity index (χ2n) is 5.79. The van der Waals surface area contributed by atoms with Gasteiger partial charge < -0.3 is 4.74 Å². The average molecular weight is 352 g/mol. The molecule has 0 bridgehead atoms. The minimum absolute atomic E-state index is 0.210. The first-order valence-corrected chi connectivity index (χ1v) is 8.76. The van der Waals surface area contributed by atoms with Crippen LogP contribution in [0.5, 0.6) is 5.75 Å². The third-order valence-corrected chi connectivity index (χ3v) is 4.79. The number of aromatic nitrogens is 4. The number of aryl methyl sites for hydroxylation is 1. The highest BCUT2D eigenvalue weighted by Crippen LogP contribution is 2.21. The van der Waals surface area contributed by atoms with E-state index in [1.807, 2.05) is 48.9 Å². The lowest BCUT2D eigenvalue weighted by Crippen LogP contribution is -2.16. The van der Waals surface area contributed by atoms with E-state index in [1.165, 1.54) is 10.6 Å². The minimum Gasteiger partial charge on any atom is -0.487 e. The summed E-state index contributed by atoms with van der Waals surface area (Å²) in [6.45, 7) is 4.27. The minimum atomic E-state index is -0.210. The molecule has 0 saturated heterocycles. The standard InChI is InChI=1S/C18H16N4O2S/c1-11-4-3-5-15(12(11)2)24-9-14-8-16(23)22-18(19-14)20-17(21-22)13-6-7-25-10-13/h3-8,10H,9H2,1-2H3,(H,19,20,21).